The molecule has 84 valence electrons. The molecule has 0 aliphatic carbocycles. The van der Waals surface area contributed by atoms with Crippen molar-refractivity contribution in [2.75, 3.05) is 12.3 Å². The van der Waals surface area contributed by atoms with Gasteiger partial charge in [-0.1, -0.05) is 23.2 Å². The van der Waals surface area contributed by atoms with Crippen LogP contribution in [-0.4, -0.2) is 37.8 Å². The van der Waals surface area contributed by atoms with E-state index in [2.05, 4.69) is 0 Å². The monoisotopic (exact) mass is 261 g/mol. The summed E-state index contributed by atoms with van der Waals surface area (Å²) in [6, 6.07) is 6.45. The van der Waals surface area contributed by atoms with Crippen molar-refractivity contribution in [3.8, 4) is 0 Å². The standard InChI is InChI=1S/C10H9NO4S.Na/c12-9-7-3-1-2-4-8(7)10(13)11(9)5-6-16(14)15;/h1-4H,5-6H2,(H,14,15);/q;+1/p-1. The van der Waals surface area contributed by atoms with Gasteiger partial charge < -0.3 is 4.55 Å². The van der Waals surface area contributed by atoms with Crippen molar-refractivity contribution in [3.05, 3.63) is 35.4 Å². The average molecular weight is 261 g/mol. The van der Waals surface area contributed by atoms with Crippen LogP contribution >= 0.6 is 0 Å². The van der Waals surface area contributed by atoms with Crippen LogP contribution in [0.25, 0.3) is 0 Å². The van der Waals surface area contributed by atoms with Crippen molar-refractivity contribution in [1.82, 2.24) is 4.90 Å². The maximum absolute atomic E-state index is 11.7. The minimum atomic E-state index is -2.25. The van der Waals surface area contributed by atoms with Gasteiger partial charge in [0.1, 0.15) is 0 Å². The Bertz CT molecular complexity index is 456. The Hall–Kier alpha value is -0.530. The molecular weight excluding hydrogens is 253 g/mol. The smallest absolute Gasteiger partial charge is 0.772 e. The Morgan fingerprint density at radius 1 is 1.12 bits per heavy atom. The SMILES string of the molecule is O=C1c2ccccc2C(=O)N1CCS(=O)[O-].[Na+]. The Kier molecular flexibility index (Phi) is 5.03. The summed E-state index contributed by atoms with van der Waals surface area (Å²) in [4.78, 5) is 24.4. The fourth-order valence-electron chi connectivity index (χ4n) is 1.61. The average Bonchev–Trinajstić information content (AvgIpc) is 2.50. The normalized spacial score (nSPS) is 15.5. The summed E-state index contributed by atoms with van der Waals surface area (Å²) in [5.74, 6) is -1.08. The molecule has 0 fully saturated rings. The first-order valence-electron chi connectivity index (χ1n) is 4.62. The molecule has 0 radical (unpaired) electrons. The van der Waals surface area contributed by atoms with Crippen LogP contribution in [0.3, 0.4) is 0 Å². The summed E-state index contributed by atoms with van der Waals surface area (Å²) in [6.07, 6.45) is 0. The summed E-state index contributed by atoms with van der Waals surface area (Å²) < 4.78 is 20.8. The number of nitrogens with zero attached hydrogens (tertiary/aromatic N) is 1. The van der Waals surface area contributed by atoms with Gasteiger partial charge in [0, 0.05) is 12.3 Å². The Labute approximate surface area is 123 Å². The van der Waals surface area contributed by atoms with E-state index in [0.29, 0.717) is 11.1 Å². The van der Waals surface area contributed by atoms with Gasteiger partial charge in [0.15, 0.2) is 0 Å². The first-order chi connectivity index (χ1) is 7.61. The van der Waals surface area contributed by atoms with Crippen LogP contribution in [0, 0.1) is 0 Å². The van der Waals surface area contributed by atoms with E-state index in [-0.39, 0.29) is 41.9 Å². The molecule has 1 aromatic carbocycles. The zero-order chi connectivity index (χ0) is 11.7. The molecule has 1 aromatic rings. The topological polar surface area (TPSA) is 77.5 Å². The molecule has 0 saturated carbocycles. The second-order valence-corrected chi connectivity index (χ2v) is 4.33. The van der Waals surface area contributed by atoms with E-state index in [1.807, 2.05) is 0 Å². The Balaban J connectivity index is 0.00000144. The van der Waals surface area contributed by atoms with E-state index in [0.717, 1.165) is 4.90 Å². The van der Waals surface area contributed by atoms with E-state index in [1.54, 1.807) is 24.3 Å². The van der Waals surface area contributed by atoms with Crippen molar-refractivity contribution in [2.45, 2.75) is 0 Å². The summed E-state index contributed by atoms with van der Waals surface area (Å²) in [6.45, 7) is -0.0948. The largest absolute Gasteiger partial charge is 1.00 e. The zero-order valence-electron chi connectivity index (χ0n) is 9.21. The molecule has 0 aromatic heterocycles. The molecule has 17 heavy (non-hydrogen) atoms. The number of hydrogen-bond donors (Lipinski definition) is 0. The number of fused-ring (bicyclic) bond motifs is 1. The van der Waals surface area contributed by atoms with E-state index in [1.165, 1.54) is 0 Å². The van der Waals surface area contributed by atoms with Gasteiger partial charge in [-0.15, -0.1) is 0 Å². The summed E-state index contributed by atoms with van der Waals surface area (Å²) >= 11 is -2.25. The van der Waals surface area contributed by atoms with Gasteiger partial charge in [-0.25, -0.2) is 0 Å². The molecular formula is C10H8NNaO4S. The molecule has 1 heterocycles. The van der Waals surface area contributed by atoms with Crippen LogP contribution in [0.2, 0.25) is 0 Å². The van der Waals surface area contributed by atoms with Crippen molar-refractivity contribution >= 4 is 22.9 Å². The molecule has 2 rings (SSSR count). The number of imide groups is 1. The molecule has 0 bridgehead atoms. The molecule has 1 aliphatic heterocycles. The molecule has 0 saturated heterocycles. The first kappa shape index (κ1) is 14.5. The molecule has 0 N–H and O–H groups in total. The number of amides is 2. The van der Waals surface area contributed by atoms with Gasteiger partial charge in [0.2, 0.25) is 0 Å². The predicted octanol–water partition coefficient (Wildman–Crippen LogP) is -2.83. The second kappa shape index (κ2) is 5.88. The van der Waals surface area contributed by atoms with Crippen molar-refractivity contribution in [1.29, 1.82) is 0 Å². The van der Waals surface area contributed by atoms with Crippen LogP contribution in [-0.2, 0) is 11.1 Å². The second-order valence-electron chi connectivity index (χ2n) is 3.32. The van der Waals surface area contributed by atoms with Gasteiger partial charge in [0.05, 0.1) is 11.1 Å². The number of hydrogen-bond acceptors (Lipinski definition) is 4. The number of rotatable bonds is 3. The first-order valence-corrected chi connectivity index (χ1v) is 5.87. The predicted molar refractivity (Wildman–Crippen MR) is 55.6 cm³/mol. The molecule has 1 aliphatic rings. The van der Waals surface area contributed by atoms with Crippen LogP contribution < -0.4 is 29.6 Å². The zero-order valence-corrected chi connectivity index (χ0v) is 12.0. The summed E-state index contributed by atoms with van der Waals surface area (Å²) in [7, 11) is 0. The summed E-state index contributed by atoms with van der Waals surface area (Å²) in [5, 5.41) is 0. The third-order valence-electron chi connectivity index (χ3n) is 2.36. The third kappa shape index (κ3) is 2.83. The maximum atomic E-state index is 11.7. The molecule has 7 heteroatoms. The Morgan fingerprint density at radius 2 is 1.59 bits per heavy atom. The van der Waals surface area contributed by atoms with Crippen LogP contribution in [0.5, 0.6) is 0 Å². The summed E-state index contributed by atoms with van der Waals surface area (Å²) in [5.41, 5.74) is 0.674. The van der Waals surface area contributed by atoms with E-state index in [4.69, 9.17) is 0 Å². The third-order valence-corrected chi connectivity index (χ3v) is 2.88. The number of carbonyl (C=O) groups excluding carboxylic acids is 2. The Morgan fingerprint density at radius 3 is 2.00 bits per heavy atom. The van der Waals surface area contributed by atoms with Crippen LogP contribution in [0.15, 0.2) is 24.3 Å². The molecule has 2 amide bonds. The van der Waals surface area contributed by atoms with Gasteiger partial charge in [0.25, 0.3) is 11.8 Å². The van der Waals surface area contributed by atoms with Crippen LogP contribution in [0.1, 0.15) is 20.7 Å². The number of benzene rings is 1. The maximum Gasteiger partial charge on any atom is 1.00 e. The van der Waals surface area contributed by atoms with Crippen molar-refractivity contribution in [3.63, 3.8) is 0 Å². The number of carbonyl (C=O) groups is 2. The quantitative estimate of drug-likeness (QED) is 0.334. The molecule has 1 atom stereocenters. The minimum Gasteiger partial charge on any atom is -0.772 e. The van der Waals surface area contributed by atoms with E-state index >= 15 is 0 Å². The molecule has 5 nitrogen and oxygen atoms in total. The molecule has 0 spiro atoms. The van der Waals surface area contributed by atoms with Gasteiger partial charge in [-0.2, -0.15) is 0 Å². The van der Waals surface area contributed by atoms with E-state index in [9.17, 15) is 18.4 Å². The van der Waals surface area contributed by atoms with Gasteiger partial charge in [-0.05, 0) is 12.1 Å². The van der Waals surface area contributed by atoms with Crippen LogP contribution in [0.4, 0.5) is 0 Å². The minimum absolute atomic E-state index is 0. The van der Waals surface area contributed by atoms with Crippen molar-refractivity contribution in [2.24, 2.45) is 0 Å². The van der Waals surface area contributed by atoms with Gasteiger partial charge >= 0.3 is 29.6 Å². The van der Waals surface area contributed by atoms with E-state index < -0.39 is 22.9 Å². The fourth-order valence-corrected chi connectivity index (χ4v) is 1.94. The van der Waals surface area contributed by atoms with Gasteiger partial charge in [-0.3, -0.25) is 18.7 Å². The molecule has 1 unspecified atom stereocenters. The fraction of sp³-hybridized carbons (Fsp3) is 0.200. The van der Waals surface area contributed by atoms with Crippen molar-refractivity contribution < 1.29 is 47.9 Å².